The van der Waals surface area contributed by atoms with Crippen molar-refractivity contribution in [3.8, 4) is 0 Å². The molecule has 0 fully saturated rings. The van der Waals surface area contributed by atoms with E-state index in [2.05, 4.69) is 10.1 Å². The molecule has 0 aliphatic rings. The Balaban J connectivity index is 4.62. The van der Waals surface area contributed by atoms with Crippen molar-refractivity contribution in [2.75, 3.05) is 20.3 Å². The minimum absolute atomic E-state index is 0.0420. The fourth-order valence-electron chi connectivity index (χ4n) is 1.69. The maximum absolute atomic E-state index is 12.1. The van der Waals surface area contributed by atoms with E-state index in [9.17, 15) is 14.4 Å². The van der Waals surface area contributed by atoms with Crippen molar-refractivity contribution in [2.45, 2.75) is 45.2 Å². The van der Waals surface area contributed by atoms with Gasteiger partial charge in [0, 0.05) is 25.6 Å². The van der Waals surface area contributed by atoms with Gasteiger partial charge in [-0.2, -0.15) is 0 Å². The maximum Gasteiger partial charge on any atom is 0.326 e. The summed E-state index contributed by atoms with van der Waals surface area (Å²) in [5.41, 5.74) is 0. The van der Waals surface area contributed by atoms with Gasteiger partial charge in [0.1, 0.15) is 6.04 Å². The van der Waals surface area contributed by atoms with Gasteiger partial charge in [-0.1, -0.05) is 0 Å². The van der Waals surface area contributed by atoms with Crippen molar-refractivity contribution in [1.82, 2.24) is 10.2 Å². The molecule has 0 saturated heterocycles. The van der Waals surface area contributed by atoms with Crippen LogP contribution in [0.15, 0.2) is 0 Å². The first-order chi connectivity index (χ1) is 9.83. The molecule has 8 nitrogen and oxygen atoms in total. The van der Waals surface area contributed by atoms with Crippen molar-refractivity contribution in [3.05, 3.63) is 0 Å². The first kappa shape index (κ1) is 19.2. The second-order valence-electron chi connectivity index (χ2n) is 4.82. The number of aliphatic hydroxyl groups excluding tert-OH is 1. The minimum Gasteiger partial charge on any atom is -0.480 e. The van der Waals surface area contributed by atoms with Gasteiger partial charge in [0.2, 0.25) is 0 Å². The molecule has 0 radical (unpaired) electrons. The van der Waals surface area contributed by atoms with Crippen LogP contribution in [0.25, 0.3) is 0 Å². The third kappa shape index (κ3) is 7.50. The van der Waals surface area contributed by atoms with Crippen LogP contribution >= 0.6 is 0 Å². The number of hydrogen-bond donors (Lipinski definition) is 3. The standard InChI is InChI=1S/C13H24N2O6/c1-9(2)15(7-4-8-16)13(20)14-10(12(18)19)5-6-11(17)21-3/h9-10,16H,4-8H2,1-3H3,(H,14,20)(H,18,19)/t10-/m1/s1. The molecule has 0 aromatic carbocycles. The van der Waals surface area contributed by atoms with E-state index < -0.39 is 24.0 Å². The lowest BCUT2D eigenvalue weighted by Gasteiger charge is -2.28. The summed E-state index contributed by atoms with van der Waals surface area (Å²) in [5.74, 6) is -1.74. The summed E-state index contributed by atoms with van der Waals surface area (Å²) in [7, 11) is 1.21. The van der Waals surface area contributed by atoms with Crippen LogP contribution in [-0.4, -0.2) is 65.4 Å². The third-order valence-corrected chi connectivity index (χ3v) is 2.90. The molecule has 0 unspecified atom stereocenters. The zero-order chi connectivity index (χ0) is 16.4. The molecule has 2 amide bonds. The normalized spacial score (nSPS) is 11.9. The Morgan fingerprint density at radius 3 is 2.33 bits per heavy atom. The van der Waals surface area contributed by atoms with Crippen LogP contribution in [0.3, 0.4) is 0 Å². The van der Waals surface area contributed by atoms with Gasteiger partial charge < -0.3 is 25.2 Å². The van der Waals surface area contributed by atoms with Crippen LogP contribution in [0.4, 0.5) is 4.79 Å². The number of urea groups is 1. The van der Waals surface area contributed by atoms with Gasteiger partial charge in [0.15, 0.2) is 0 Å². The van der Waals surface area contributed by atoms with Gasteiger partial charge in [-0.05, 0) is 26.7 Å². The van der Waals surface area contributed by atoms with Crippen molar-refractivity contribution in [1.29, 1.82) is 0 Å². The first-order valence-corrected chi connectivity index (χ1v) is 6.81. The van der Waals surface area contributed by atoms with Gasteiger partial charge in [0.25, 0.3) is 0 Å². The van der Waals surface area contributed by atoms with Crippen LogP contribution in [0.2, 0.25) is 0 Å². The van der Waals surface area contributed by atoms with Gasteiger partial charge >= 0.3 is 18.0 Å². The number of ether oxygens (including phenoxy) is 1. The summed E-state index contributed by atoms with van der Waals surface area (Å²) < 4.78 is 4.44. The van der Waals surface area contributed by atoms with Crippen LogP contribution < -0.4 is 5.32 Å². The third-order valence-electron chi connectivity index (χ3n) is 2.90. The summed E-state index contributed by atoms with van der Waals surface area (Å²) in [6.45, 7) is 3.85. The average Bonchev–Trinajstić information content (AvgIpc) is 2.42. The van der Waals surface area contributed by atoms with Crippen LogP contribution in [0, 0.1) is 0 Å². The Hall–Kier alpha value is -1.83. The summed E-state index contributed by atoms with van der Waals surface area (Å²) in [6.07, 6.45) is 0.275. The highest BCUT2D eigenvalue weighted by molar-refractivity contribution is 5.83. The number of methoxy groups -OCH3 is 1. The number of nitrogens with zero attached hydrogens (tertiary/aromatic N) is 1. The molecule has 0 heterocycles. The van der Waals surface area contributed by atoms with Crippen molar-refractivity contribution < 1.29 is 29.3 Å². The Labute approximate surface area is 124 Å². The number of carbonyl (C=O) groups is 3. The maximum atomic E-state index is 12.1. The van der Waals surface area contributed by atoms with Gasteiger partial charge in [-0.25, -0.2) is 9.59 Å². The molecule has 0 aromatic rings. The molecule has 0 saturated carbocycles. The smallest absolute Gasteiger partial charge is 0.326 e. The molecule has 0 aliphatic carbocycles. The number of carbonyl (C=O) groups excluding carboxylic acids is 2. The quantitative estimate of drug-likeness (QED) is 0.524. The number of aliphatic hydroxyl groups is 1. The molecule has 122 valence electrons. The fraction of sp³-hybridized carbons (Fsp3) is 0.769. The Bertz CT molecular complexity index is 359. The Morgan fingerprint density at radius 1 is 1.29 bits per heavy atom. The molecule has 8 heteroatoms. The largest absolute Gasteiger partial charge is 0.480 e. The van der Waals surface area contributed by atoms with E-state index in [1.807, 2.05) is 0 Å². The first-order valence-electron chi connectivity index (χ1n) is 6.81. The number of carboxylic acids is 1. The van der Waals surface area contributed by atoms with E-state index in [0.29, 0.717) is 13.0 Å². The fourth-order valence-corrected chi connectivity index (χ4v) is 1.69. The Kier molecular flexibility index (Phi) is 9.11. The van der Waals surface area contributed by atoms with Crippen molar-refractivity contribution in [2.24, 2.45) is 0 Å². The number of hydrogen-bond acceptors (Lipinski definition) is 5. The van der Waals surface area contributed by atoms with E-state index in [4.69, 9.17) is 10.2 Å². The highest BCUT2D eigenvalue weighted by Crippen LogP contribution is 2.04. The number of nitrogens with one attached hydrogen (secondary N) is 1. The van der Waals surface area contributed by atoms with Gasteiger partial charge in [-0.3, -0.25) is 4.79 Å². The molecule has 21 heavy (non-hydrogen) atoms. The predicted octanol–water partition coefficient (Wildman–Crippen LogP) is 0.195. The second-order valence-corrected chi connectivity index (χ2v) is 4.82. The molecule has 1 atom stereocenters. The molecule has 0 aliphatic heterocycles. The number of amides is 2. The lowest BCUT2D eigenvalue weighted by molar-refractivity contribution is -0.142. The molecule has 0 rings (SSSR count). The summed E-state index contributed by atoms with van der Waals surface area (Å²) in [6, 6.07) is -1.82. The van der Waals surface area contributed by atoms with E-state index in [-0.39, 0.29) is 25.5 Å². The van der Waals surface area contributed by atoms with Crippen LogP contribution in [0.1, 0.15) is 33.1 Å². The minimum atomic E-state index is -1.21. The number of rotatable bonds is 9. The number of esters is 1. The van der Waals surface area contributed by atoms with E-state index in [1.165, 1.54) is 12.0 Å². The van der Waals surface area contributed by atoms with Gasteiger partial charge in [0.05, 0.1) is 7.11 Å². The van der Waals surface area contributed by atoms with Crippen LogP contribution in [0.5, 0.6) is 0 Å². The highest BCUT2D eigenvalue weighted by Gasteiger charge is 2.25. The molecular formula is C13H24N2O6. The molecular weight excluding hydrogens is 280 g/mol. The molecule has 3 N–H and O–H groups in total. The molecule has 0 bridgehead atoms. The Morgan fingerprint density at radius 2 is 1.90 bits per heavy atom. The molecule has 0 aromatic heterocycles. The number of carboxylic acid groups (broad SMARTS) is 1. The summed E-state index contributed by atoms with van der Waals surface area (Å²) in [5, 5.41) is 20.3. The van der Waals surface area contributed by atoms with Crippen LogP contribution in [-0.2, 0) is 14.3 Å². The lowest BCUT2D eigenvalue weighted by atomic mass is 10.1. The molecule has 0 spiro atoms. The lowest BCUT2D eigenvalue weighted by Crippen LogP contribution is -2.50. The van der Waals surface area contributed by atoms with Gasteiger partial charge in [-0.15, -0.1) is 0 Å². The highest BCUT2D eigenvalue weighted by atomic mass is 16.5. The SMILES string of the molecule is COC(=O)CC[C@@H](NC(=O)N(CCCO)C(C)C)C(=O)O. The monoisotopic (exact) mass is 304 g/mol. The average molecular weight is 304 g/mol. The van der Waals surface area contributed by atoms with E-state index >= 15 is 0 Å². The zero-order valence-electron chi connectivity index (χ0n) is 12.7. The van der Waals surface area contributed by atoms with E-state index in [1.54, 1.807) is 13.8 Å². The van der Waals surface area contributed by atoms with Crippen molar-refractivity contribution >= 4 is 18.0 Å². The van der Waals surface area contributed by atoms with Crippen molar-refractivity contribution in [3.63, 3.8) is 0 Å². The number of aliphatic carboxylic acids is 1. The van der Waals surface area contributed by atoms with E-state index in [0.717, 1.165) is 0 Å². The predicted molar refractivity (Wildman–Crippen MR) is 74.8 cm³/mol. The zero-order valence-corrected chi connectivity index (χ0v) is 12.7. The summed E-state index contributed by atoms with van der Waals surface area (Å²) >= 11 is 0. The topological polar surface area (TPSA) is 116 Å². The second kappa shape index (κ2) is 9.98. The summed E-state index contributed by atoms with van der Waals surface area (Å²) in [4.78, 5) is 35.7.